The molecule has 5 nitrogen and oxygen atoms in total. The van der Waals surface area contributed by atoms with E-state index >= 15 is 0 Å². The topological polar surface area (TPSA) is 67.8 Å². The second kappa shape index (κ2) is 12.3. The number of aliphatic hydroxyl groups excluding tert-OH is 1. The van der Waals surface area contributed by atoms with Gasteiger partial charge in [0.2, 0.25) is 0 Å². The molecule has 2 N–H and O–H groups in total. The van der Waals surface area contributed by atoms with Crippen LogP contribution in [0.25, 0.3) is 0 Å². The number of nitrogens with one attached hydrogen (secondary N) is 1. The number of carbonyl (C=O) groups is 1. The zero-order chi connectivity index (χ0) is 24.4. The van der Waals surface area contributed by atoms with E-state index in [9.17, 15) is 23.1 Å². The smallest absolute Gasteiger partial charge is 0.419 e. The summed E-state index contributed by atoms with van der Waals surface area (Å²) in [7, 11) is 0. The lowest BCUT2D eigenvalue weighted by molar-refractivity contribution is -0.139. The minimum absolute atomic E-state index is 0.173. The van der Waals surface area contributed by atoms with E-state index in [0.717, 1.165) is 31.7 Å². The number of rotatable bonds is 12. The standard InChI is InChI=1S/C24H38F3NO4/c1-6-7-8-9-10-15-31-20-12-11-18(16-19(20)24(25,26)27)13-14-23(5,17-29)28-21(30)32-22(2,3)4/h11-12,16,29H,6-10,13-15,17H2,1-5H3,(H,28,30). The van der Waals surface area contributed by atoms with Crippen molar-refractivity contribution in [1.29, 1.82) is 0 Å². The Balaban J connectivity index is 2.80. The number of unbranched alkanes of at least 4 members (excludes halogenated alkanes) is 4. The number of ether oxygens (including phenoxy) is 2. The van der Waals surface area contributed by atoms with Crippen molar-refractivity contribution in [1.82, 2.24) is 5.32 Å². The first-order valence-corrected chi connectivity index (χ1v) is 11.2. The number of amides is 1. The molecule has 1 atom stereocenters. The molecule has 1 aromatic rings. The quantitative estimate of drug-likeness (QED) is 0.360. The van der Waals surface area contributed by atoms with E-state index in [2.05, 4.69) is 12.2 Å². The van der Waals surface area contributed by atoms with Gasteiger partial charge in [0.25, 0.3) is 0 Å². The molecule has 0 spiro atoms. The first-order valence-electron chi connectivity index (χ1n) is 11.2. The summed E-state index contributed by atoms with van der Waals surface area (Å²) in [6, 6.07) is 4.02. The van der Waals surface area contributed by atoms with Crippen molar-refractivity contribution in [2.24, 2.45) is 0 Å². The highest BCUT2D eigenvalue weighted by molar-refractivity contribution is 5.68. The van der Waals surface area contributed by atoms with Gasteiger partial charge in [-0.25, -0.2) is 4.79 Å². The van der Waals surface area contributed by atoms with Crippen LogP contribution in [0.4, 0.5) is 18.0 Å². The third kappa shape index (κ3) is 10.6. The molecule has 1 rings (SSSR count). The fourth-order valence-electron chi connectivity index (χ4n) is 3.12. The molecule has 1 amide bonds. The van der Waals surface area contributed by atoms with Crippen molar-refractivity contribution in [3.8, 4) is 5.75 Å². The Bertz CT molecular complexity index is 716. The summed E-state index contributed by atoms with van der Waals surface area (Å²) in [4.78, 5) is 12.0. The number of halogens is 3. The fourth-order valence-corrected chi connectivity index (χ4v) is 3.12. The van der Waals surface area contributed by atoms with E-state index in [1.54, 1.807) is 33.8 Å². The highest BCUT2D eigenvalue weighted by Crippen LogP contribution is 2.37. The zero-order valence-electron chi connectivity index (χ0n) is 19.9. The Morgan fingerprint density at radius 2 is 1.72 bits per heavy atom. The van der Waals surface area contributed by atoms with E-state index in [4.69, 9.17) is 9.47 Å². The monoisotopic (exact) mass is 461 g/mol. The first kappa shape index (κ1) is 28.1. The molecule has 0 saturated carbocycles. The average Bonchev–Trinajstić information content (AvgIpc) is 2.67. The molecule has 32 heavy (non-hydrogen) atoms. The maximum Gasteiger partial charge on any atom is 0.419 e. The number of hydrogen-bond donors (Lipinski definition) is 2. The van der Waals surface area contributed by atoms with Crippen molar-refractivity contribution < 1.29 is 32.5 Å². The predicted octanol–water partition coefficient (Wildman–Crippen LogP) is 6.26. The number of alkyl carbamates (subject to hydrolysis) is 1. The van der Waals surface area contributed by atoms with Crippen molar-refractivity contribution in [2.75, 3.05) is 13.2 Å². The highest BCUT2D eigenvalue weighted by Gasteiger charge is 2.35. The maximum absolute atomic E-state index is 13.6. The van der Waals surface area contributed by atoms with Crippen LogP contribution in [-0.2, 0) is 17.3 Å². The van der Waals surface area contributed by atoms with Crippen LogP contribution in [0.3, 0.4) is 0 Å². The molecule has 0 radical (unpaired) electrons. The second-order valence-electron chi connectivity index (χ2n) is 9.44. The third-order valence-electron chi connectivity index (χ3n) is 4.97. The van der Waals surface area contributed by atoms with E-state index in [0.29, 0.717) is 12.0 Å². The van der Waals surface area contributed by atoms with Crippen molar-refractivity contribution >= 4 is 6.09 Å². The van der Waals surface area contributed by atoms with Crippen LogP contribution in [-0.4, -0.2) is 35.6 Å². The Morgan fingerprint density at radius 1 is 1.06 bits per heavy atom. The van der Waals surface area contributed by atoms with Crippen LogP contribution in [0.5, 0.6) is 5.75 Å². The summed E-state index contributed by atoms with van der Waals surface area (Å²) >= 11 is 0. The Labute approximate surface area is 189 Å². The summed E-state index contributed by atoms with van der Waals surface area (Å²) in [6.45, 7) is 8.75. The van der Waals surface area contributed by atoms with Crippen LogP contribution in [0.15, 0.2) is 18.2 Å². The van der Waals surface area contributed by atoms with Gasteiger partial charge in [0.1, 0.15) is 11.4 Å². The van der Waals surface area contributed by atoms with Crippen LogP contribution in [0, 0.1) is 0 Å². The number of aliphatic hydroxyl groups is 1. The second-order valence-corrected chi connectivity index (χ2v) is 9.44. The molecule has 0 saturated heterocycles. The normalized spacial score (nSPS) is 14.0. The predicted molar refractivity (Wildman–Crippen MR) is 119 cm³/mol. The minimum atomic E-state index is -4.54. The van der Waals surface area contributed by atoms with Gasteiger partial charge in [-0.3, -0.25) is 0 Å². The summed E-state index contributed by atoms with van der Waals surface area (Å²) < 4.78 is 51.4. The fraction of sp³-hybridized carbons (Fsp3) is 0.708. The van der Waals surface area contributed by atoms with E-state index in [1.807, 2.05) is 0 Å². The number of hydrogen-bond acceptors (Lipinski definition) is 4. The van der Waals surface area contributed by atoms with Gasteiger partial charge in [-0.15, -0.1) is 0 Å². The zero-order valence-corrected chi connectivity index (χ0v) is 19.9. The minimum Gasteiger partial charge on any atom is -0.493 e. The lowest BCUT2D eigenvalue weighted by atomic mass is 9.93. The molecular weight excluding hydrogens is 423 g/mol. The van der Waals surface area contributed by atoms with Gasteiger partial charge < -0.3 is 19.9 Å². The van der Waals surface area contributed by atoms with E-state index in [-0.39, 0.29) is 31.8 Å². The molecule has 0 bridgehead atoms. The van der Waals surface area contributed by atoms with Crippen molar-refractivity contribution in [2.45, 2.75) is 96.9 Å². The van der Waals surface area contributed by atoms with E-state index in [1.165, 1.54) is 6.07 Å². The molecule has 1 unspecified atom stereocenters. The van der Waals surface area contributed by atoms with Gasteiger partial charge in [0.05, 0.1) is 24.3 Å². The Hall–Kier alpha value is -1.96. The molecule has 8 heteroatoms. The molecule has 0 aliphatic rings. The summed E-state index contributed by atoms with van der Waals surface area (Å²) in [5.41, 5.74) is -2.10. The maximum atomic E-state index is 13.6. The molecule has 0 aliphatic heterocycles. The Morgan fingerprint density at radius 3 is 2.28 bits per heavy atom. The van der Waals surface area contributed by atoms with Crippen LogP contribution >= 0.6 is 0 Å². The summed E-state index contributed by atoms with van der Waals surface area (Å²) in [6.07, 6.45) is 0.135. The number of aryl methyl sites for hydroxylation is 1. The van der Waals surface area contributed by atoms with Crippen LogP contribution < -0.4 is 10.1 Å². The molecular formula is C24H38F3NO4. The SMILES string of the molecule is CCCCCCCOc1ccc(CCC(C)(CO)NC(=O)OC(C)(C)C)cc1C(F)(F)F. The molecule has 0 heterocycles. The molecule has 0 aliphatic carbocycles. The van der Waals surface area contributed by atoms with Gasteiger partial charge in [-0.2, -0.15) is 13.2 Å². The van der Waals surface area contributed by atoms with Gasteiger partial charge in [-0.05, 0) is 64.7 Å². The molecule has 184 valence electrons. The van der Waals surface area contributed by atoms with Crippen LogP contribution in [0.1, 0.15) is 84.3 Å². The largest absolute Gasteiger partial charge is 0.493 e. The lowest BCUT2D eigenvalue weighted by Crippen LogP contribution is -2.50. The average molecular weight is 462 g/mol. The van der Waals surface area contributed by atoms with Gasteiger partial charge in [0, 0.05) is 0 Å². The number of alkyl halides is 3. The third-order valence-corrected chi connectivity index (χ3v) is 4.97. The highest BCUT2D eigenvalue weighted by atomic mass is 19.4. The van der Waals surface area contributed by atoms with Gasteiger partial charge in [0.15, 0.2) is 0 Å². The van der Waals surface area contributed by atoms with Gasteiger partial charge >= 0.3 is 12.3 Å². The molecule has 0 fully saturated rings. The van der Waals surface area contributed by atoms with Crippen molar-refractivity contribution in [3.63, 3.8) is 0 Å². The van der Waals surface area contributed by atoms with Crippen molar-refractivity contribution in [3.05, 3.63) is 29.3 Å². The Kier molecular flexibility index (Phi) is 10.8. The summed E-state index contributed by atoms with van der Waals surface area (Å²) in [5, 5.41) is 12.4. The molecule has 0 aromatic heterocycles. The summed E-state index contributed by atoms with van der Waals surface area (Å²) in [5.74, 6) is -0.173. The van der Waals surface area contributed by atoms with Crippen LogP contribution in [0.2, 0.25) is 0 Å². The van der Waals surface area contributed by atoms with Gasteiger partial charge in [-0.1, -0.05) is 38.7 Å². The molecule has 1 aromatic carbocycles. The number of benzene rings is 1. The van der Waals surface area contributed by atoms with E-state index < -0.39 is 29.0 Å². The first-order chi connectivity index (χ1) is 14.8. The number of carbonyl (C=O) groups excluding carboxylic acids is 1. The lowest BCUT2D eigenvalue weighted by Gasteiger charge is -2.30.